The lowest BCUT2D eigenvalue weighted by molar-refractivity contribution is 0.157. The molecule has 1 rings (SSSR count). The molecule has 4 N–H and O–H groups in total. The number of hydrogen-bond donors (Lipinski definition) is 3. The highest BCUT2D eigenvalue weighted by molar-refractivity contribution is 5.36. The van der Waals surface area contributed by atoms with Gasteiger partial charge in [-0.05, 0) is 20.3 Å². The maximum absolute atomic E-state index is 5.38. The molecule has 0 unspecified atom stereocenters. The average molecular weight is 270 g/mol. The number of rotatable bonds is 8. The van der Waals surface area contributed by atoms with Crippen molar-refractivity contribution in [1.29, 1.82) is 0 Å². The molecule has 1 aromatic heterocycles. The normalized spacial score (nSPS) is 11.2. The zero-order valence-corrected chi connectivity index (χ0v) is 11.9. The summed E-state index contributed by atoms with van der Waals surface area (Å²) in [5, 5.41) is 3.15. The molecule has 108 valence electrons. The van der Waals surface area contributed by atoms with Crippen LogP contribution in [-0.2, 0) is 4.74 Å². The van der Waals surface area contributed by atoms with Gasteiger partial charge in [0.2, 0.25) is 11.9 Å². The lowest BCUT2D eigenvalue weighted by atomic mass is 10.1. The van der Waals surface area contributed by atoms with Gasteiger partial charge in [0.25, 0.3) is 0 Å². The van der Waals surface area contributed by atoms with Gasteiger partial charge in [0.05, 0.1) is 18.8 Å². The third kappa shape index (κ3) is 5.23. The molecule has 8 nitrogen and oxygen atoms in total. The Hall–Kier alpha value is -1.67. The van der Waals surface area contributed by atoms with Crippen molar-refractivity contribution in [3.63, 3.8) is 0 Å². The second-order valence-corrected chi connectivity index (χ2v) is 4.70. The smallest absolute Gasteiger partial charge is 0.323 e. The number of ether oxygens (including phenoxy) is 2. The quantitative estimate of drug-likeness (QED) is 0.470. The molecule has 19 heavy (non-hydrogen) atoms. The van der Waals surface area contributed by atoms with E-state index in [2.05, 4.69) is 25.7 Å². The first-order chi connectivity index (χ1) is 9.00. The molecule has 0 aliphatic heterocycles. The molecule has 1 heterocycles. The van der Waals surface area contributed by atoms with E-state index >= 15 is 0 Å². The van der Waals surface area contributed by atoms with Gasteiger partial charge in [-0.1, -0.05) is 6.92 Å². The van der Waals surface area contributed by atoms with E-state index in [0.29, 0.717) is 19.2 Å². The summed E-state index contributed by atoms with van der Waals surface area (Å²) >= 11 is 0. The second-order valence-electron chi connectivity index (χ2n) is 4.70. The summed E-state index contributed by atoms with van der Waals surface area (Å²) in [5.41, 5.74) is 2.07. The van der Waals surface area contributed by atoms with Gasteiger partial charge >= 0.3 is 6.01 Å². The fraction of sp³-hybridized carbons (Fsp3) is 0.727. The van der Waals surface area contributed by atoms with Crippen LogP contribution in [0.2, 0.25) is 0 Å². The molecule has 8 heteroatoms. The zero-order chi connectivity index (χ0) is 14.3. The third-order valence-corrected chi connectivity index (χ3v) is 2.13. The average Bonchev–Trinajstić information content (AvgIpc) is 2.35. The highest BCUT2D eigenvalue weighted by atomic mass is 16.5. The van der Waals surface area contributed by atoms with E-state index in [1.807, 2.05) is 20.8 Å². The van der Waals surface area contributed by atoms with E-state index < -0.39 is 0 Å². The lowest BCUT2D eigenvalue weighted by Gasteiger charge is -2.25. The first kappa shape index (κ1) is 15.4. The van der Waals surface area contributed by atoms with Crippen LogP contribution in [0.15, 0.2) is 0 Å². The molecular weight excluding hydrogens is 248 g/mol. The number of nitrogens with two attached hydrogens (primary N) is 1. The van der Waals surface area contributed by atoms with Gasteiger partial charge in [0, 0.05) is 7.11 Å². The number of nitrogens with one attached hydrogen (secondary N) is 2. The van der Waals surface area contributed by atoms with Crippen LogP contribution >= 0.6 is 0 Å². The number of nitrogen functional groups attached to an aromatic ring is 1. The van der Waals surface area contributed by atoms with Crippen LogP contribution in [0.4, 0.5) is 11.9 Å². The highest BCUT2D eigenvalue weighted by Gasteiger charge is 2.19. The topological polar surface area (TPSA) is 107 Å². The van der Waals surface area contributed by atoms with E-state index in [1.54, 1.807) is 7.11 Å². The first-order valence-electron chi connectivity index (χ1n) is 6.13. The molecule has 0 aliphatic rings. The minimum absolute atomic E-state index is 0.237. The van der Waals surface area contributed by atoms with Crippen LogP contribution in [-0.4, -0.2) is 40.8 Å². The molecule has 0 amide bonds. The Balaban J connectivity index is 2.87. The van der Waals surface area contributed by atoms with Crippen molar-refractivity contribution in [2.24, 2.45) is 5.84 Å². The van der Waals surface area contributed by atoms with Gasteiger partial charge in [-0.2, -0.15) is 15.0 Å². The molecule has 0 aromatic carbocycles. The largest absolute Gasteiger partial charge is 0.463 e. The van der Waals surface area contributed by atoms with Gasteiger partial charge < -0.3 is 14.8 Å². The van der Waals surface area contributed by atoms with Crippen molar-refractivity contribution in [2.75, 3.05) is 31.1 Å². The minimum Gasteiger partial charge on any atom is -0.463 e. The Morgan fingerprint density at radius 2 is 1.89 bits per heavy atom. The molecule has 0 bridgehead atoms. The maximum Gasteiger partial charge on any atom is 0.323 e. The summed E-state index contributed by atoms with van der Waals surface area (Å²) in [4.78, 5) is 12.3. The summed E-state index contributed by atoms with van der Waals surface area (Å²) < 4.78 is 10.5. The van der Waals surface area contributed by atoms with Crippen LogP contribution in [0.3, 0.4) is 0 Å². The Kier molecular flexibility index (Phi) is 5.71. The van der Waals surface area contributed by atoms with Gasteiger partial charge in [-0.15, -0.1) is 0 Å². The van der Waals surface area contributed by atoms with Crippen molar-refractivity contribution >= 4 is 11.9 Å². The standard InChI is InChI=1S/C11H22N6O2/c1-5-6-19-10-14-8(13-9(15-10)17-12)16-11(2,3)7-18-4/h5-7,12H2,1-4H3,(H2,13,14,15,16,17). The number of methoxy groups -OCH3 is 1. The van der Waals surface area contributed by atoms with E-state index in [0.717, 1.165) is 6.42 Å². The second kappa shape index (κ2) is 7.05. The van der Waals surface area contributed by atoms with Crippen molar-refractivity contribution in [3.05, 3.63) is 0 Å². The predicted octanol–water partition coefficient (Wildman–Crippen LogP) is 0.783. The third-order valence-electron chi connectivity index (χ3n) is 2.13. The number of aromatic nitrogens is 3. The molecule has 0 spiro atoms. The fourth-order valence-corrected chi connectivity index (χ4v) is 1.43. The molecule has 1 aromatic rings. The number of hydrogen-bond acceptors (Lipinski definition) is 8. The number of hydrazine groups is 1. The fourth-order valence-electron chi connectivity index (χ4n) is 1.43. The lowest BCUT2D eigenvalue weighted by Crippen LogP contribution is -2.36. The SMILES string of the molecule is CCCOc1nc(NN)nc(NC(C)(C)COC)n1. The van der Waals surface area contributed by atoms with Gasteiger partial charge in [-0.25, -0.2) is 5.84 Å². The monoisotopic (exact) mass is 270 g/mol. The van der Waals surface area contributed by atoms with Crippen LogP contribution in [0, 0.1) is 0 Å². The van der Waals surface area contributed by atoms with E-state index in [-0.39, 0.29) is 17.5 Å². The summed E-state index contributed by atoms with van der Waals surface area (Å²) in [6.45, 7) is 7.00. The Labute approximate surface area is 113 Å². The molecule has 0 atom stereocenters. The summed E-state index contributed by atoms with van der Waals surface area (Å²) in [5.74, 6) is 5.96. The summed E-state index contributed by atoms with van der Waals surface area (Å²) in [7, 11) is 1.64. The minimum atomic E-state index is -0.315. The van der Waals surface area contributed by atoms with Crippen molar-refractivity contribution < 1.29 is 9.47 Å². The van der Waals surface area contributed by atoms with Crippen molar-refractivity contribution in [2.45, 2.75) is 32.7 Å². The highest BCUT2D eigenvalue weighted by Crippen LogP contribution is 2.15. The summed E-state index contributed by atoms with van der Waals surface area (Å²) in [6.07, 6.45) is 0.870. The van der Waals surface area contributed by atoms with Gasteiger partial charge in [-0.3, -0.25) is 5.43 Å². The number of nitrogens with zero attached hydrogens (tertiary/aromatic N) is 3. The van der Waals surface area contributed by atoms with Crippen LogP contribution in [0.25, 0.3) is 0 Å². The molecular formula is C11H22N6O2. The van der Waals surface area contributed by atoms with Crippen LogP contribution < -0.4 is 21.3 Å². The number of anilines is 2. The zero-order valence-electron chi connectivity index (χ0n) is 11.9. The van der Waals surface area contributed by atoms with Gasteiger partial charge in [0.15, 0.2) is 0 Å². The van der Waals surface area contributed by atoms with Crippen molar-refractivity contribution in [3.8, 4) is 6.01 Å². The Bertz CT molecular complexity index is 399. The first-order valence-corrected chi connectivity index (χ1v) is 6.13. The molecule has 0 radical (unpaired) electrons. The molecule has 0 aliphatic carbocycles. The maximum atomic E-state index is 5.38. The van der Waals surface area contributed by atoms with E-state index in [4.69, 9.17) is 15.3 Å². The van der Waals surface area contributed by atoms with Crippen molar-refractivity contribution in [1.82, 2.24) is 15.0 Å². The van der Waals surface area contributed by atoms with Gasteiger partial charge in [0.1, 0.15) is 0 Å². The molecule has 0 saturated carbocycles. The Morgan fingerprint density at radius 1 is 1.21 bits per heavy atom. The van der Waals surface area contributed by atoms with Crippen LogP contribution in [0.1, 0.15) is 27.2 Å². The summed E-state index contributed by atoms with van der Waals surface area (Å²) in [6, 6.07) is 0.237. The predicted molar refractivity (Wildman–Crippen MR) is 73.0 cm³/mol. The van der Waals surface area contributed by atoms with E-state index in [9.17, 15) is 0 Å². The van der Waals surface area contributed by atoms with Crippen LogP contribution in [0.5, 0.6) is 6.01 Å². The Morgan fingerprint density at radius 3 is 2.47 bits per heavy atom. The molecule has 0 fully saturated rings. The van der Waals surface area contributed by atoms with E-state index in [1.165, 1.54) is 0 Å². The molecule has 0 saturated heterocycles.